The molecule has 3 aliphatic heterocycles. The molecule has 4 aliphatic rings. The fourth-order valence-corrected chi connectivity index (χ4v) is 7.17. The van der Waals surface area contributed by atoms with E-state index >= 15 is 0 Å². The molecule has 0 radical (unpaired) electrons. The van der Waals surface area contributed by atoms with E-state index in [2.05, 4.69) is 37.9 Å². The van der Waals surface area contributed by atoms with Crippen molar-refractivity contribution >= 4 is 18.0 Å². The molecule has 1 aromatic rings. The van der Waals surface area contributed by atoms with Crippen LogP contribution in [-0.4, -0.2) is 94.1 Å². The number of rotatable bonds is 9. The second-order valence-electron chi connectivity index (χ2n) is 13.6. The summed E-state index contributed by atoms with van der Waals surface area (Å²) in [6, 6.07) is 0. The van der Waals surface area contributed by atoms with Crippen molar-refractivity contribution in [3.8, 4) is 0 Å². The van der Waals surface area contributed by atoms with Gasteiger partial charge < -0.3 is 43.2 Å². The van der Waals surface area contributed by atoms with E-state index in [1.54, 1.807) is 30.3 Å². The zero-order valence-electron chi connectivity index (χ0n) is 28.2. The first-order chi connectivity index (χ1) is 22.2. The number of esters is 2. The summed E-state index contributed by atoms with van der Waals surface area (Å²) in [5.41, 5.74) is 1.43. The molecule has 0 saturated carbocycles. The Morgan fingerprint density at radius 2 is 2.00 bits per heavy atom. The topological polar surface area (TPSA) is 148 Å². The van der Waals surface area contributed by atoms with Gasteiger partial charge in [0.1, 0.15) is 23.9 Å². The SMILES string of the molecule is CO[C@]12C=C[C@](C)(O1)[C@@H](OC(=O)/C=C/c1cn(C)cn1)C[C@H]1C(C)=CC[C@H](C(C)C)[C@H]1C=C2CO[C@@H]1OC[C@@H](O)[C@@H](O)[C@@H]1OC(C)=O. The van der Waals surface area contributed by atoms with Gasteiger partial charge in [-0.3, -0.25) is 4.79 Å². The maximum absolute atomic E-state index is 13.3. The highest BCUT2D eigenvalue weighted by molar-refractivity contribution is 5.86. The van der Waals surface area contributed by atoms with Gasteiger partial charge in [0, 0.05) is 38.9 Å². The number of nitrogens with zero attached hydrogens (tertiary/aromatic N) is 2. The average Bonchev–Trinajstić information content (AvgIpc) is 3.61. The van der Waals surface area contributed by atoms with Crippen LogP contribution in [0.3, 0.4) is 0 Å². The van der Waals surface area contributed by atoms with Crippen molar-refractivity contribution in [2.75, 3.05) is 20.3 Å². The molecule has 258 valence electrons. The number of carbonyl (C=O) groups is 2. The van der Waals surface area contributed by atoms with Gasteiger partial charge in [0.25, 0.3) is 0 Å². The Balaban J connectivity index is 1.49. The molecule has 12 heteroatoms. The van der Waals surface area contributed by atoms with Crippen molar-refractivity contribution in [1.82, 2.24) is 9.55 Å². The minimum Gasteiger partial charge on any atom is -0.456 e. The van der Waals surface area contributed by atoms with Crippen LogP contribution >= 0.6 is 0 Å². The van der Waals surface area contributed by atoms with Crippen LogP contribution in [0.15, 0.2) is 54.1 Å². The van der Waals surface area contributed by atoms with Gasteiger partial charge in [-0.25, -0.2) is 9.78 Å². The van der Waals surface area contributed by atoms with Crippen LogP contribution < -0.4 is 0 Å². The Morgan fingerprint density at radius 1 is 1.23 bits per heavy atom. The molecule has 0 spiro atoms. The number of carbonyl (C=O) groups excluding carboxylic acids is 2. The zero-order valence-corrected chi connectivity index (χ0v) is 28.2. The first kappa shape index (κ1) is 35.2. The molecule has 0 aromatic carbocycles. The van der Waals surface area contributed by atoms with Gasteiger partial charge in [0.05, 0.1) is 25.2 Å². The van der Waals surface area contributed by atoms with E-state index in [0.29, 0.717) is 23.6 Å². The molecule has 2 N–H and O–H groups in total. The highest BCUT2D eigenvalue weighted by Gasteiger charge is 2.54. The van der Waals surface area contributed by atoms with Crippen LogP contribution in [0.1, 0.15) is 53.2 Å². The van der Waals surface area contributed by atoms with E-state index in [9.17, 15) is 19.8 Å². The molecule has 0 amide bonds. The summed E-state index contributed by atoms with van der Waals surface area (Å²) in [6.07, 6.45) is 10.3. The van der Waals surface area contributed by atoms with Crippen LogP contribution in [0.2, 0.25) is 0 Å². The van der Waals surface area contributed by atoms with E-state index in [-0.39, 0.29) is 31.0 Å². The van der Waals surface area contributed by atoms with Crippen LogP contribution in [0.4, 0.5) is 0 Å². The Bertz CT molecular complexity index is 1430. The third-order valence-electron chi connectivity index (χ3n) is 9.88. The van der Waals surface area contributed by atoms with Crippen molar-refractivity contribution < 1.29 is 48.2 Å². The molecule has 0 unspecified atom stereocenters. The van der Waals surface area contributed by atoms with Gasteiger partial charge in [-0.15, -0.1) is 0 Å². The second kappa shape index (κ2) is 14.2. The number of allylic oxidation sites excluding steroid dienone is 3. The minimum atomic E-state index is -1.39. The summed E-state index contributed by atoms with van der Waals surface area (Å²) in [6.45, 7) is 9.36. The number of methoxy groups -OCH3 is 1. The molecule has 1 fully saturated rings. The van der Waals surface area contributed by atoms with Crippen molar-refractivity contribution in [2.24, 2.45) is 30.7 Å². The summed E-state index contributed by atoms with van der Waals surface area (Å²) >= 11 is 0. The number of aliphatic hydroxyl groups excluding tert-OH is 2. The molecule has 2 bridgehead atoms. The van der Waals surface area contributed by atoms with Crippen molar-refractivity contribution in [3.05, 3.63) is 59.7 Å². The highest BCUT2D eigenvalue weighted by Crippen LogP contribution is 2.49. The molecule has 5 rings (SSSR count). The minimum absolute atomic E-state index is 0.0137. The average molecular weight is 657 g/mol. The summed E-state index contributed by atoms with van der Waals surface area (Å²) in [5, 5.41) is 20.8. The number of aliphatic hydroxyl groups is 2. The smallest absolute Gasteiger partial charge is 0.331 e. The molecular formula is C35H48N2O10. The van der Waals surface area contributed by atoms with Gasteiger partial charge in [-0.05, 0) is 68.6 Å². The van der Waals surface area contributed by atoms with Gasteiger partial charge in [0.2, 0.25) is 5.79 Å². The standard InChI is InChI=1S/C35H48N2O10/c1-20(2)25-10-8-21(3)26-15-29(46-30(40)11-9-24-16-37(6)19-36-24)34(5)12-13-35(42-7,47-34)23(14-27(25)26)17-43-33-32(45-22(4)38)31(41)28(39)18-44-33/h8-9,11-14,16,19-20,25-29,31-33,39,41H,10,15,17-18H2,1-7H3/b11-9+,23-14?/t25-,26+,27-,28-,29+,31-,32+,33-,34+,35-/m1/s1. The van der Waals surface area contributed by atoms with Gasteiger partial charge in [-0.2, -0.15) is 0 Å². The predicted molar refractivity (Wildman–Crippen MR) is 170 cm³/mol. The number of hydrogen-bond donors (Lipinski definition) is 2. The molecule has 47 heavy (non-hydrogen) atoms. The van der Waals surface area contributed by atoms with E-state index in [1.807, 2.05) is 26.1 Å². The third-order valence-corrected chi connectivity index (χ3v) is 9.88. The number of aromatic nitrogens is 2. The number of fused-ring (bicyclic) bond motifs is 3. The lowest BCUT2D eigenvalue weighted by Crippen LogP contribution is -2.55. The van der Waals surface area contributed by atoms with Crippen molar-refractivity contribution in [2.45, 2.75) is 89.6 Å². The molecule has 4 heterocycles. The summed E-state index contributed by atoms with van der Waals surface area (Å²) in [7, 11) is 3.40. The molecule has 1 saturated heterocycles. The van der Waals surface area contributed by atoms with Gasteiger partial charge in [0.15, 0.2) is 12.4 Å². The normalized spacial score (nSPS) is 37.1. The maximum atomic E-state index is 13.3. The zero-order chi connectivity index (χ0) is 34.1. The summed E-state index contributed by atoms with van der Waals surface area (Å²) < 4.78 is 38.1. The quantitative estimate of drug-likeness (QED) is 0.229. The van der Waals surface area contributed by atoms with Crippen LogP contribution in [0.5, 0.6) is 0 Å². The Morgan fingerprint density at radius 3 is 2.66 bits per heavy atom. The van der Waals surface area contributed by atoms with Crippen LogP contribution in [-0.2, 0) is 45.1 Å². The van der Waals surface area contributed by atoms with Crippen LogP contribution in [0.25, 0.3) is 6.08 Å². The maximum Gasteiger partial charge on any atom is 0.331 e. The number of aryl methyl sites for hydroxylation is 1. The van der Waals surface area contributed by atoms with E-state index in [1.165, 1.54) is 18.6 Å². The fourth-order valence-electron chi connectivity index (χ4n) is 7.17. The van der Waals surface area contributed by atoms with Crippen molar-refractivity contribution in [3.63, 3.8) is 0 Å². The number of ether oxygens (including phenoxy) is 6. The molecular weight excluding hydrogens is 608 g/mol. The Labute approximate surface area is 276 Å². The Hall–Kier alpha value is -3.13. The number of imidazole rings is 1. The summed E-state index contributed by atoms with van der Waals surface area (Å²) in [4.78, 5) is 29.4. The lowest BCUT2D eigenvalue weighted by molar-refractivity contribution is -0.277. The molecule has 1 aliphatic carbocycles. The fraction of sp³-hybridized carbons (Fsp3) is 0.629. The van der Waals surface area contributed by atoms with Crippen LogP contribution in [0, 0.1) is 23.7 Å². The first-order valence-electron chi connectivity index (χ1n) is 16.2. The van der Waals surface area contributed by atoms with Gasteiger partial charge >= 0.3 is 11.9 Å². The van der Waals surface area contributed by atoms with E-state index < -0.39 is 54.0 Å². The molecule has 1 aromatic heterocycles. The Kier molecular flexibility index (Phi) is 10.6. The highest BCUT2D eigenvalue weighted by atomic mass is 16.7. The summed E-state index contributed by atoms with van der Waals surface area (Å²) in [5.74, 6) is -1.90. The third kappa shape index (κ3) is 7.48. The van der Waals surface area contributed by atoms with E-state index in [4.69, 9.17) is 28.4 Å². The lowest BCUT2D eigenvalue weighted by atomic mass is 9.65. The van der Waals surface area contributed by atoms with Crippen molar-refractivity contribution in [1.29, 1.82) is 0 Å². The number of hydrogen-bond acceptors (Lipinski definition) is 11. The predicted octanol–water partition coefficient (Wildman–Crippen LogP) is 3.24. The second-order valence-corrected chi connectivity index (χ2v) is 13.6. The molecule has 10 atom stereocenters. The first-order valence-corrected chi connectivity index (χ1v) is 16.2. The molecule has 12 nitrogen and oxygen atoms in total. The largest absolute Gasteiger partial charge is 0.456 e. The monoisotopic (exact) mass is 656 g/mol. The lowest BCUT2D eigenvalue weighted by Gasteiger charge is -2.41. The van der Waals surface area contributed by atoms with E-state index in [0.717, 1.165) is 6.42 Å². The van der Waals surface area contributed by atoms with Gasteiger partial charge in [-0.1, -0.05) is 31.6 Å².